The van der Waals surface area contributed by atoms with E-state index in [1.807, 2.05) is 43.3 Å². The molecule has 0 saturated carbocycles. The van der Waals surface area contributed by atoms with E-state index in [0.29, 0.717) is 34.7 Å². The predicted molar refractivity (Wildman–Crippen MR) is 99.3 cm³/mol. The third-order valence-electron chi connectivity index (χ3n) is 4.42. The first kappa shape index (κ1) is 16.2. The largest absolute Gasteiger partial charge is 0.381 e. The summed E-state index contributed by atoms with van der Waals surface area (Å²) in [6.45, 7) is 3.61. The van der Waals surface area contributed by atoms with Gasteiger partial charge in [0, 0.05) is 12.0 Å². The van der Waals surface area contributed by atoms with Crippen LogP contribution in [0.15, 0.2) is 48.5 Å². The van der Waals surface area contributed by atoms with Gasteiger partial charge >= 0.3 is 0 Å². The normalized spacial score (nSPS) is 11.2. The lowest BCUT2D eigenvalue weighted by Gasteiger charge is -2.09. The average Bonchev–Trinajstić information content (AvgIpc) is 3.06. The number of halogens is 1. The summed E-state index contributed by atoms with van der Waals surface area (Å²) in [5, 5.41) is 4.59. The molecule has 2 heterocycles. The lowest BCUT2D eigenvalue weighted by atomic mass is 10.1. The summed E-state index contributed by atoms with van der Waals surface area (Å²) in [4.78, 5) is 8.98. The third-order valence-corrected chi connectivity index (χ3v) is 4.42. The van der Waals surface area contributed by atoms with Gasteiger partial charge in [-0.2, -0.15) is 5.10 Å². The van der Waals surface area contributed by atoms with Crippen LogP contribution in [0.3, 0.4) is 0 Å². The van der Waals surface area contributed by atoms with E-state index in [0.717, 1.165) is 11.3 Å². The predicted octanol–water partition coefficient (Wildman–Crippen LogP) is 3.72. The molecule has 2 N–H and O–H groups in total. The Morgan fingerprint density at radius 1 is 1.04 bits per heavy atom. The van der Waals surface area contributed by atoms with Crippen molar-refractivity contribution in [3.63, 3.8) is 0 Å². The number of nitrogens with two attached hydrogens (primary N) is 1. The van der Waals surface area contributed by atoms with Gasteiger partial charge in [0.2, 0.25) is 0 Å². The van der Waals surface area contributed by atoms with Crippen LogP contribution in [0.4, 0.5) is 10.2 Å². The van der Waals surface area contributed by atoms with Crippen LogP contribution in [0, 0.1) is 19.7 Å². The first-order valence-electron chi connectivity index (χ1n) is 8.35. The maximum absolute atomic E-state index is 14.0. The summed E-state index contributed by atoms with van der Waals surface area (Å²) < 4.78 is 15.7. The molecule has 0 fully saturated rings. The zero-order valence-corrected chi connectivity index (χ0v) is 14.6. The standard InChI is InChI=1S/C20H18FN5/c1-12-8-9-15(11-16(12)21)18-13(2)26-20(19(22)24-18)23-17(25-26)10-14-6-4-3-5-7-14/h3-9,11H,10H2,1-2H3,(H2,22,24). The molecule has 0 aliphatic rings. The van der Waals surface area contributed by atoms with E-state index in [4.69, 9.17) is 5.73 Å². The highest BCUT2D eigenvalue weighted by molar-refractivity contribution is 5.70. The van der Waals surface area contributed by atoms with Crippen LogP contribution in [-0.2, 0) is 6.42 Å². The molecule has 4 rings (SSSR count). The molecular formula is C20H18FN5. The summed E-state index contributed by atoms with van der Waals surface area (Å²) in [6, 6.07) is 15.0. The monoisotopic (exact) mass is 347 g/mol. The lowest BCUT2D eigenvalue weighted by Crippen LogP contribution is -2.05. The van der Waals surface area contributed by atoms with Gasteiger partial charge in [-0.25, -0.2) is 18.9 Å². The highest BCUT2D eigenvalue weighted by Gasteiger charge is 2.16. The number of anilines is 1. The fourth-order valence-corrected chi connectivity index (χ4v) is 2.97. The minimum absolute atomic E-state index is 0.272. The zero-order chi connectivity index (χ0) is 18.3. The number of aromatic nitrogens is 4. The maximum Gasteiger partial charge on any atom is 0.198 e. The summed E-state index contributed by atoms with van der Waals surface area (Å²) in [7, 11) is 0. The number of benzene rings is 2. The molecule has 0 unspecified atom stereocenters. The smallest absolute Gasteiger partial charge is 0.198 e. The quantitative estimate of drug-likeness (QED) is 0.613. The van der Waals surface area contributed by atoms with E-state index >= 15 is 0 Å². The van der Waals surface area contributed by atoms with Crippen LogP contribution in [0.1, 0.15) is 22.6 Å². The molecule has 0 aliphatic carbocycles. The number of nitrogen functional groups attached to an aromatic ring is 1. The van der Waals surface area contributed by atoms with Gasteiger partial charge in [0.25, 0.3) is 0 Å². The van der Waals surface area contributed by atoms with Gasteiger partial charge in [0.05, 0.1) is 11.4 Å². The van der Waals surface area contributed by atoms with Crippen LogP contribution in [0.25, 0.3) is 16.9 Å². The lowest BCUT2D eigenvalue weighted by molar-refractivity contribution is 0.619. The minimum atomic E-state index is -0.272. The van der Waals surface area contributed by atoms with Crippen LogP contribution in [0.2, 0.25) is 0 Å². The van der Waals surface area contributed by atoms with Gasteiger partial charge in [-0.1, -0.05) is 42.5 Å². The second-order valence-electron chi connectivity index (χ2n) is 6.32. The molecule has 0 spiro atoms. The van der Waals surface area contributed by atoms with Gasteiger partial charge in [-0.15, -0.1) is 0 Å². The highest BCUT2D eigenvalue weighted by Crippen LogP contribution is 2.26. The number of hydrogen-bond acceptors (Lipinski definition) is 4. The van der Waals surface area contributed by atoms with Gasteiger partial charge in [0.1, 0.15) is 5.82 Å². The first-order valence-corrected chi connectivity index (χ1v) is 8.35. The van der Waals surface area contributed by atoms with Crippen molar-refractivity contribution in [2.75, 3.05) is 5.73 Å². The number of nitrogens with zero attached hydrogens (tertiary/aromatic N) is 4. The second kappa shape index (κ2) is 6.22. The van der Waals surface area contributed by atoms with E-state index in [2.05, 4.69) is 15.1 Å². The Labute approximate surface area is 150 Å². The number of rotatable bonds is 3. The molecule has 26 heavy (non-hydrogen) atoms. The molecule has 0 radical (unpaired) electrons. The number of hydrogen-bond donors (Lipinski definition) is 1. The summed E-state index contributed by atoms with van der Waals surface area (Å²) >= 11 is 0. The van der Waals surface area contributed by atoms with Gasteiger partial charge in [-0.3, -0.25) is 0 Å². The van der Waals surface area contributed by atoms with Crippen molar-refractivity contribution < 1.29 is 4.39 Å². The average molecular weight is 347 g/mol. The van der Waals surface area contributed by atoms with E-state index in [-0.39, 0.29) is 11.6 Å². The van der Waals surface area contributed by atoms with Crippen LogP contribution in [-0.4, -0.2) is 19.6 Å². The molecule has 6 heteroatoms. The van der Waals surface area contributed by atoms with Crippen LogP contribution < -0.4 is 5.73 Å². The highest BCUT2D eigenvalue weighted by atomic mass is 19.1. The zero-order valence-electron chi connectivity index (χ0n) is 14.6. The Bertz CT molecular complexity index is 1100. The van der Waals surface area contributed by atoms with Crippen LogP contribution in [0.5, 0.6) is 0 Å². The molecule has 4 aromatic rings. The van der Waals surface area contributed by atoms with Gasteiger partial charge < -0.3 is 5.73 Å². The summed E-state index contributed by atoms with van der Waals surface area (Å²) in [5.74, 6) is 0.671. The van der Waals surface area contributed by atoms with Crippen molar-refractivity contribution in [3.8, 4) is 11.3 Å². The Balaban J connectivity index is 1.82. The molecule has 0 bridgehead atoms. The third kappa shape index (κ3) is 2.79. The topological polar surface area (TPSA) is 69.1 Å². The van der Waals surface area contributed by atoms with Crippen molar-refractivity contribution >= 4 is 11.5 Å². The van der Waals surface area contributed by atoms with Crippen LogP contribution >= 0.6 is 0 Å². The summed E-state index contributed by atoms with van der Waals surface area (Å²) in [6.07, 6.45) is 0.607. The fourth-order valence-electron chi connectivity index (χ4n) is 2.97. The van der Waals surface area contributed by atoms with E-state index in [9.17, 15) is 4.39 Å². The van der Waals surface area contributed by atoms with Crippen molar-refractivity contribution in [1.29, 1.82) is 0 Å². The molecule has 0 aliphatic heterocycles. The van der Waals surface area contributed by atoms with E-state index in [1.54, 1.807) is 17.5 Å². The fraction of sp³-hybridized carbons (Fsp3) is 0.150. The van der Waals surface area contributed by atoms with Crippen molar-refractivity contribution in [2.24, 2.45) is 0 Å². The SMILES string of the molecule is Cc1ccc(-c2nc(N)c3nc(Cc4ccccc4)nn3c2C)cc1F. The molecular weight excluding hydrogens is 329 g/mol. The van der Waals surface area contributed by atoms with Gasteiger partial charge in [0.15, 0.2) is 17.3 Å². The Morgan fingerprint density at radius 3 is 2.54 bits per heavy atom. The second-order valence-corrected chi connectivity index (χ2v) is 6.32. The maximum atomic E-state index is 14.0. The molecule has 2 aromatic heterocycles. The minimum Gasteiger partial charge on any atom is -0.381 e. The molecule has 2 aromatic carbocycles. The molecule has 0 amide bonds. The van der Waals surface area contributed by atoms with Crippen molar-refractivity contribution in [3.05, 3.63) is 77.0 Å². The molecule has 5 nitrogen and oxygen atoms in total. The van der Waals surface area contributed by atoms with E-state index in [1.165, 1.54) is 6.07 Å². The Hall–Kier alpha value is -3.28. The van der Waals surface area contributed by atoms with Crippen molar-refractivity contribution in [1.82, 2.24) is 19.6 Å². The summed E-state index contributed by atoms with van der Waals surface area (Å²) in [5.41, 5.74) is 10.4. The van der Waals surface area contributed by atoms with Crippen molar-refractivity contribution in [2.45, 2.75) is 20.3 Å². The Morgan fingerprint density at radius 2 is 1.81 bits per heavy atom. The van der Waals surface area contributed by atoms with Gasteiger partial charge in [-0.05, 0) is 31.0 Å². The van der Waals surface area contributed by atoms with E-state index < -0.39 is 0 Å². The number of aryl methyl sites for hydroxylation is 2. The molecule has 0 saturated heterocycles. The first-order chi connectivity index (χ1) is 12.5. The number of fused-ring (bicyclic) bond motifs is 1. The Kier molecular flexibility index (Phi) is 3.88. The molecule has 0 atom stereocenters. The molecule has 130 valence electrons.